The summed E-state index contributed by atoms with van der Waals surface area (Å²) >= 11 is 3.35. The zero-order valence-electron chi connectivity index (χ0n) is 9.21. The molecular weight excluding hydrogens is 300 g/mol. The van der Waals surface area contributed by atoms with Gasteiger partial charge in [-0.1, -0.05) is 28.1 Å². The molecule has 92 valence electrons. The molecule has 1 N–H and O–H groups in total. The van der Waals surface area contributed by atoms with E-state index in [0.717, 1.165) is 16.1 Å². The lowest BCUT2D eigenvalue weighted by Crippen LogP contribution is -1.87. The van der Waals surface area contributed by atoms with Gasteiger partial charge in [0.25, 0.3) is 0 Å². The number of rotatable bonds is 4. The van der Waals surface area contributed by atoms with Crippen molar-refractivity contribution in [2.45, 2.75) is 6.42 Å². The minimum atomic E-state index is -1.05. The van der Waals surface area contributed by atoms with Crippen LogP contribution in [0.4, 0.5) is 0 Å². The highest BCUT2D eigenvalue weighted by atomic mass is 79.9. The highest BCUT2D eigenvalue weighted by Gasteiger charge is 2.05. The smallest absolute Gasteiger partial charge is 0.328 e. The third-order valence-corrected chi connectivity index (χ3v) is 2.65. The Morgan fingerprint density at radius 2 is 2.06 bits per heavy atom. The van der Waals surface area contributed by atoms with Gasteiger partial charge in [0.2, 0.25) is 11.8 Å². The molecule has 0 radical (unpaired) electrons. The number of hydrogen-bond donors (Lipinski definition) is 1. The van der Waals surface area contributed by atoms with Gasteiger partial charge in [-0.25, -0.2) is 4.79 Å². The number of nitrogens with zero attached hydrogens (tertiary/aromatic N) is 2. The Kier molecular flexibility index (Phi) is 3.88. The monoisotopic (exact) mass is 308 g/mol. The maximum Gasteiger partial charge on any atom is 0.328 e. The molecule has 0 bridgehead atoms. The first-order valence-corrected chi connectivity index (χ1v) is 5.90. The number of carboxylic acids is 1. The Morgan fingerprint density at radius 3 is 2.72 bits per heavy atom. The van der Waals surface area contributed by atoms with Crippen molar-refractivity contribution in [2.24, 2.45) is 0 Å². The zero-order valence-corrected chi connectivity index (χ0v) is 10.8. The van der Waals surface area contributed by atoms with Gasteiger partial charge in [0.1, 0.15) is 0 Å². The Labute approximate surface area is 111 Å². The second-order valence-corrected chi connectivity index (χ2v) is 4.42. The van der Waals surface area contributed by atoms with Crippen molar-refractivity contribution in [1.29, 1.82) is 0 Å². The summed E-state index contributed by atoms with van der Waals surface area (Å²) in [5, 5.41) is 16.0. The molecule has 1 heterocycles. The first kappa shape index (κ1) is 12.5. The third kappa shape index (κ3) is 3.53. The summed E-state index contributed by atoms with van der Waals surface area (Å²) < 4.78 is 6.29. The first-order chi connectivity index (χ1) is 8.63. The standard InChI is InChI=1S/C12H9BrN2O3/c13-9-3-1-8(2-4-9)7-11-15-14-10(18-11)5-6-12(16)17/h1-6H,7H2,(H,16,17)/b6-5+. The molecule has 0 amide bonds. The van der Waals surface area contributed by atoms with E-state index in [9.17, 15) is 4.79 Å². The van der Waals surface area contributed by atoms with Gasteiger partial charge in [-0.3, -0.25) is 0 Å². The molecule has 1 aromatic heterocycles. The Morgan fingerprint density at radius 1 is 1.33 bits per heavy atom. The number of aromatic nitrogens is 2. The second-order valence-electron chi connectivity index (χ2n) is 3.51. The zero-order chi connectivity index (χ0) is 13.0. The van der Waals surface area contributed by atoms with Gasteiger partial charge in [0.15, 0.2) is 0 Å². The molecule has 0 aliphatic carbocycles. The van der Waals surface area contributed by atoms with Gasteiger partial charge < -0.3 is 9.52 Å². The van der Waals surface area contributed by atoms with Crippen molar-refractivity contribution < 1.29 is 14.3 Å². The van der Waals surface area contributed by atoms with Crippen LogP contribution >= 0.6 is 15.9 Å². The molecule has 5 nitrogen and oxygen atoms in total. The lowest BCUT2D eigenvalue weighted by atomic mass is 10.1. The van der Waals surface area contributed by atoms with E-state index < -0.39 is 5.97 Å². The molecule has 0 saturated carbocycles. The number of hydrogen-bond acceptors (Lipinski definition) is 4. The van der Waals surface area contributed by atoms with Crippen LogP contribution in [0.2, 0.25) is 0 Å². The van der Waals surface area contributed by atoms with Crippen LogP contribution in [0.25, 0.3) is 6.08 Å². The molecule has 18 heavy (non-hydrogen) atoms. The molecule has 0 spiro atoms. The van der Waals surface area contributed by atoms with Crippen molar-refractivity contribution in [2.75, 3.05) is 0 Å². The van der Waals surface area contributed by atoms with Crippen molar-refractivity contribution in [3.05, 3.63) is 52.2 Å². The SMILES string of the molecule is O=C(O)/C=C/c1nnc(Cc2ccc(Br)cc2)o1. The van der Waals surface area contributed by atoms with Gasteiger partial charge in [-0.15, -0.1) is 10.2 Å². The molecule has 0 aliphatic rings. The van der Waals surface area contributed by atoms with Crippen LogP contribution in [-0.2, 0) is 11.2 Å². The van der Waals surface area contributed by atoms with Gasteiger partial charge in [-0.05, 0) is 17.7 Å². The van der Waals surface area contributed by atoms with Crippen molar-refractivity contribution >= 4 is 28.0 Å². The number of aliphatic carboxylic acids is 1. The van der Waals surface area contributed by atoms with E-state index >= 15 is 0 Å². The largest absolute Gasteiger partial charge is 0.478 e. The number of benzene rings is 1. The fourth-order valence-electron chi connectivity index (χ4n) is 1.32. The van der Waals surface area contributed by atoms with Crippen LogP contribution < -0.4 is 0 Å². The summed E-state index contributed by atoms with van der Waals surface area (Å²) in [5.41, 5.74) is 1.04. The average molecular weight is 309 g/mol. The third-order valence-electron chi connectivity index (χ3n) is 2.12. The predicted molar refractivity (Wildman–Crippen MR) is 67.9 cm³/mol. The van der Waals surface area contributed by atoms with E-state index in [0.29, 0.717) is 12.3 Å². The lowest BCUT2D eigenvalue weighted by Gasteiger charge is -1.96. The summed E-state index contributed by atoms with van der Waals surface area (Å²) in [6, 6.07) is 7.75. The molecule has 0 atom stereocenters. The van der Waals surface area contributed by atoms with Crippen molar-refractivity contribution in [1.82, 2.24) is 10.2 Å². The summed E-state index contributed by atoms with van der Waals surface area (Å²) in [6.45, 7) is 0. The summed E-state index contributed by atoms with van der Waals surface area (Å²) in [6.07, 6.45) is 2.73. The first-order valence-electron chi connectivity index (χ1n) is 5.11. The summed E-state index contributed by atoms with van der Waals surface area (Å²) in [7, 11) is 0. The van der Waals surface area contributed by atoms with Crippen LogP contribution in [-0.4, -0.2) is 21.3 Å². The van der Waals surface area contributed by atoms with Crippen LogP contribution in [0.5, 0.6) is 0 Å². The van der Waals surface area contributed by atoms with Gasteiger partial charge in [-0.2, -0.15) is 0 Å². The fraction of sp³-hybridized carbons (Fsp3) is 0.0833. The molecule has 1 aromatic carbocycles. The Bertz CT molecular complexity index is 575. The minimum absolute atomic E-state index is 0.185. The predicted octanol–water partition coefficient (Wildman–Crippen LogP) is 2.52. The fourth-order valence-corrected chi connectivity index (χ4v) is 1.59. The highest BCUT2D eigenvalue weighted by molar-refractivity contribution is 9.10. The maximum atomic E-state index is 10.3. The maximum absolute atomic E-state index is 10.3. The van der Waals surface area contributed by atoms with E-state index in [-0.39, 0.29) is 5.89 Å². The number of carboxylic acid groups (broad SMARTS) is 1. The molecule has 0 unspecified atom stereocenters. The molecule has 2 aromatic rings. The van der Waals surface area contributed by atoms with Gasteiger partial charge in [0.05, 0.1) is 6.42 Å². The minimum Gasteiger partial charge on any atom is -0.478 e. The van der Waals surface area contributed by atoms with Crippen molar-refractivity contribution in [3.63, 3.8) is 0 Å². The van der Waals surface area contributed by atoms with Crippen LogP contribution in [0.3, 0.4) is 0 Å². The summed E-state index contributed by atoms with van der Waals surface area (Å²) in [5.74, 6) is -0.422. The molecule has 0 aliphatic heterocycles. The van der Waals surface area contributed by atoms with E-state index in [1.807, 2.05) is 24.3 Å². The molecule has 0 saturated heterocycles. The van der Waals surface area contributed by atoms with Crippen LogP contribution in [0.1, 0.15) is 17.3 Å². The molecule has 2 rings (SSSR count). The molecular formula is C12H9BrN2O3. The second kappa shape index (κ2) is 5.59. The van der Waals surface area contributed by atoms with Crippen molar-refractivity contribution in [3.8, 4) is 0 Å². The van der Waals surface area contributed by atoms with E-state index in [1.54, 1.807) is 0 Å². The van der Waals surface area contributed by atoms with Crippen LogP contribution in [0, 0.1) is 0 Å². The van der Waals surface area contributed by atoms with E-state index in [1.165, 1.54) is 6.08 Å². The van der Waals surface area contributed by atoms with Gasteiger partial charge >= 0.3 is 5.97 Å². The quantitative estimate of drug-likeness (QED) is 0.878. The molecule has 6 heteroatoms. The average Bonchev–Trinajstić information content (AvgIpc) is 2.77. The summed E-state index contributed by atoms with van der Waals surface area (Å²) in [4.78, 5) is 10.3. The number of halogens is 1. The van der Waals surface area contributed by atoms with E-state index in [2.05, 4.69) is 26.1 Å². The Balaban J connectivity index is 2.06. The Hall–Kier alpha value is -1.95. The number of carbonyl (C=O) groups is 1. The normalized spacial score (nSPS) is 10.9. The van der Waals surface area contributed by atoms with Gasteiger partial charge in [0, 0.05) is 16.6 Å². The topological polar surface area (TPSA) is 76.2 Å². The lowest BCUT2D eigenvalue weighted by molar-refractivity contribution is -0.131. The molecule has 0 fully saturated rings. The highest BCUT2D eigenvalue weighted by Crippen LogP contribution is 2.13. The van der Waals surface area contributed by atoms with E-state index in [4.69, 9.17) is 9.52 Å². The van der Waals surface area contributed by atoms with Crippen LogP contribution in [0.15, 0.2) is 39.2 Å².